The van der Waals surface area contributed by atoms with E-state index in [1.165, 1.54) is 94.3 Å². The monoisotopic (exact) mass is 658 g/mol. The normalized spacial score (nSPS) is 14.0. The van der Waals surface area contributed by atoms with Crippen molar-refractivity contribution in [3.05, 3.63) is 170 Å². The van der Waals surface area contributed by atoms with Gasteiger partial charge in [-0.1, -0.05) is 103 Å². The summed E-state index contributed by atoms with van der Waals surface area (Å²) in [6.07, 6.45) is 4.65. The summed E-state index contributed by atoms with van der Waals surface area (Å²) < 4.78 is 5.12. The van der Waals surface area contributed by atoms with E-state index in [1.807, 2.05) is 0 Å². The van der Waals surface area contributed by atoms with Gasteiger partial charge in [0.1, 0.15) is 0 Å². The highest BCUT2D eigenvalue weighted by Crippen LogP contribution is 2.49. The average molecular weight is 658 g/mol. The largest absolute Gasteiger partial charge is 0.382 e. The molecule has 0 amide bonds. The van der Waals surface area contributed by atoms with Crippen LogP contribution < -0.4 is 31.7 Å². The second kappa shape index (κ2) is 9.56. The van der Waals surface area contributed by atoms with Gasteiger partial charge in [0.25, 0.3) is 0 Å². The summed E-state index contributed by atoms with van der Waals surface area (Å²) >= 11 is 0. The lowest BCUT2D eigenvalue weighted by Crippen LogP contribution is -2.63. The van der Waals surface area contributed by atoms with Crippen LogP contribution >= 0.6 is 0 Å². The number of hydrogen-bond acceptors (Lipinski definition) is 2. The maximum atomic E-state index is 2.58. The number of fused-ring (bicyclic) bond motifs is 9. The standard InChI is InChI=1S/C46H28B2N4/c1-3-14-31(15-4-1)51-39-23-11-18-33-34-19-9-12-29-25-27-50(44(29)34)48(41(33)39)43-40(51)28-36-35-20-10-13-30-24-26-49(45(30)35)47-37-21-7-8-22-38(37)52(46(43)42(36)47)32-16-5-2-6-17-32/h1-28H. The van der Waals surface area contributed by atoms with Crippen LogP contribution in [0.1, 0.15) is 0 Å². The molecule has 0 aliphatic carbocycles. The molecule has 52 heavy (non-hydrogen) atoms. The zero-order valence-corrected chi connectivity index (χ0v) is 28.1. The summed E-state index contributed by atoms with van der Waals surface area (Å²) in [5.41, 5.74) is 20.5. The van der Waals surface area contributed by atoms with Gasteiger partial charge in [-0.05, 0) is 111 Å². The first kappa shape index (κ1) is 27.1. The maximum Gasteiger partial charge on any atom is 0.334 e. The third kappa shape index (κ3) is 3.18. The molecule has 13 rings (SSSR count). The number of nitrogens with zero attached hydrogens (tertiary/aromatic N) is 4. The number of rotatable bonds is 2. The molecule has 9 aromatic rings. The van der Waals surface area contributed by atoms with Gasteiger partial charge in [-0.3, -0.25) is 0 Å². The van der Waals surface area contributed by atoms with Crippen LogP contribution in [0, 0.1) is 0 Å². The maximum absolute atomic E-state index is 2.58. The fourth-order valence-electron chi connectivity index (χ4n) is 10.2. The van der Waals surface area contributed by atoms with E-state index in [1.54, 1.807) is 0 Å². The summed E-state index contributed by atoms with van der Waals surface area (Å²) in [5, 5.41) is 2.55. The molecular formula is C46H28B2N4. The first-order valence-corrected chi connectivity index (χ1v) is 18.2. The fraction of sp³-hybridized carbons (Fsp3) is 0. The van der Waals surface area contributed by atoms with Crippen molar-refractivity contribution >= 4 is 91.5 Å². The quantitative estimate of drug-likeness (QED) is 0.174. The Labute approximate surface area is 301 Å². The Kier molecular flexibility index (Phi) is 4.99. The summed E-state index contributed by atoms with van der Waals surface area (Å²) in [6, 6.07) is 58.7. The molecule has 4 aliphatic heterocycles. The molecule has 0 saturated carbocycles. The van der Waals surface area contributed by atoms with Gasteiger partial charge >= 0.3 is 13.7 Å². The highest BCUT2D eigenvalue weighted by atomic mass is 15.2. The Bertz CT molecular complexity index is 3000. The number of benzene rings is 7. The summed E-state index contributed by atoms with van der Waals surface area (Å²) in [7, 11) is 0. The first-order valence-electron chi connectivity index (χ1n) is 18.2. The predicted molar refractivity (Wildman–Crippen MR) is 219 cm³/mol. The van der Waals surface area contributed by atoms with Crippen LogP contribution in [0.5, 0.6) is 0 Å². The lowest BCUT2D eigenvalue weighted by molar-refractivity contribution is 1.20. The minimum absolute atomic E-state index is 0.0289. The number of aromatic nitrogens is 2. The summed E-state index contributed by atoms with van der Waals surface area (Å²) in [5.74, 6) is 0. The second-order valence-electron chi connectivity index (χ2n) is 14.5. The van der Waals surface area contributed by atoms with Gasteiger partial charge < -0.3 is 18.8 Å². The van der Waals surface area contributed by atoms with Crippen molar-refractivity contribution in [2.45, 2.75) is 0 Å². The van der Waals surface area contributed by atoms with E-state index in [0.29, 0.717) is 0 Å². The molecule has 6 heteroatoms. The van der Waals surface area contributed by atoms with E-state index in [-0.39, 0.29) is 13.7 Å². The molecule has 238 valence electrons. The minimum atomic E-state index is -0.0344. The van der Waals surface area contributed by atoms with Crippen LogP contribution in [0.15, 0.2) is 170 Å². The van der Waals surface area contributed by atoms with Gasteiger partial charge in [0.15, 0.2) is 0 Å². The molecule has 7 aromatic carbocycles. The smallest absolute Gasteiger partial charge is 0.334 e. The molecule has 6 heterocycles. The minimum Gasteiger partial charge on any atom is -0.382 e. The van der Waals surface area contributed by atoms with E-state index in [0.717, 1.165) is 5.69 Å². The SMILES string of the molecule is c1ccc(N2c3cccc4c3B(c3c2cc2c5c3N(c3ccccc3)c3ccccc3B5n3ccc5cccc-2c53)n2ccc3cccc-4c32)cc1. The molecule has 0 radical (unpaired) electrons. The van der Waals surface area contributed by atoms with Gasteiger partial charge in [0, 0.05) is 56.3 Å². The molecule has 0 bridgehead atoms. The van der Waals surface area contributed by atoms with Crippen LogP contribution in [0.25, 0.3) is 44.1 Å². The van der Waals surface area contributed by atoms with Gasteiger partial charge in [0.2, 0.25) is 0 Å². The summed E-state index contributed by atoms with van der Waals surface area (Å²) in [4.78, 5) is 5.12. The van der Waals surface area contributed by atoms with Crippen molar-refractivity contribution in [2.75, 3.05) is 9.80 Å². The fourth-order valence-corrected chi connectivity index (χ4v) is 10.2. The van der Waals surface area contributed by atoms with E-state index in [4.69, 9.17) is 0 Å². The molecule has 0 atom stereocenters. The molecule has 4 nitrogen and oxygen atoms in total. The van der Waals surface area contributed by atoms with Crippen molar-refractivity contribution in [2.24, 2.45) is 0 Å². The Morgan fingerprint density at radius 2 is 0.942 bits per heavy atom. The van der Waals surface area contributed by atoms with Gasteiger partial charge in [-0.25, -0.2) is 0 Å². The molecule has 0 spiro atoms. The Balaban J connectivity index is 1.27. The van der Waals surface area contributed by atoms with Crippen molar-refractivity contribution in [3.63, 3.8) is 0 Å². The van der Waals surface area contributed by atoms with Crippen LogP contribution in [0.4, 0.5) is 34.1 Å². The van der Waals surface area contributed by atoms with Crippen molar-refractivity contribution in [3.8, 4) is 22.3 Å². The molecule has 0 unspecified atom stereocenters. The van der Waals surface area contributed by atoms with Crippen LogP contribution in [-0.2, 0) is 0 Å². The first-order chi connectivity index (χ1) is 25.8. The zero-order valence-electron chi connectivity index (χ0n) is 28.1. The Morgan fingerprint density at radius 3 is 1.67 bits per heavy atom. The van der Waals surface area contributed by atoms with Crippen molar-refractivity contribution < 1.29 is 0 Å². The molecular weight excluding hydrogens is 630 g/mol. The van der Waals surface area contributed by atoms with E-state index in [2.05, 4.69) is 189 Å². The summed E-state index contributed by atoms with van der Waals surface area (Å²) in [6.45, 7) is -0.00549. The van der Waals surface area contributed by atoms with Crippen LogP contribution in [0.2, 0.25) is 0 Å². The predicted octanol–water partition coefficient (Wildman–Crippen LogP) is 8.43. The highest BCUT2D eigenvalue weighted by Gasteiger charge is 2.49. The third-order valence-corrected chi connectivity index (χ3v) is 12.1. The lowest BCUT2D eigenvalue weighted by Gasteiger charge is -2.47. The van der Waals surface area contributed by atoms with Gasteiger partial charge in [-0.2, -0.15) is 0 Å². The van der Waals surface area contributed by atoms with Crippen molar-refractivity contribution in [1.82, 2.24) is 8.96 Å². The lowest BCUT2D eigenvalue weighted by atomic mass is 9.40. The zero-order chi connectivity index (χ0) is 33.7. The van der Waals surface area contributed by atoms with Crippen LogP contribution in [0.3, 0.4) is 0 Å². The van der Waals surface area contributed by atoms with E-state index in [9.17, 15) is 0 Å². The molecule has 0 fully saturated rings. The number of anilines is 6. The topological polar surface area (TPSA) is 16.3 Å². The van der Waals surface area contributed by atoms with Crippen molar-refractivity contribution in [1.29, 1.82) is 0 Å². The second-order valence-corrected chi connectivity index (χ2v) is 14.5. The third-order valence-electron chi connectivity index (χ3n) is 12.1. The molecule has 0 N–H and O–H groups in total. The van der Waals surface area contributed by atoms with Gasteiger partial charge in [0.05, 0.1) is 0 Å². The van der Waals surface area contributed by atoms with E-state index < -0.39 is 0 Å². The van der Waals surface area contributed by atoms with Gasteiger partial charge in [-0.15, -0.1) is 0 Å². The average Bonchev–Trinajstić information content (AvgIpc) is 3.84. The van der Waals surface area contributed by atoms with Crippen LogP contribution in [-0.4, -0.2) is 22.7 Å². The highest BCUT2D eigenvalue weighted by molar-refractivity contribution is 6.94. The molecule has 4 aliphatic rings. The van der Waals surface area contributed by atoms with E-state index >= 15 is 0 Å². The Hall–Kier alpha value is -6.65. The Morgan fingerprint density at radius 1 is 0.365 bits per heavy atom. The number of para-hydroxylation sites is 5. The molecule has 2 aromatic heterocycles. The molecule has 0 saturated heterocycles. The number of hydrogen-bond donors (Lipinski definition) is 0.